The summed E-state index contributed by atoms with van der Waals surface area (Å²) in [5.74, 6) is 1.46. The van der Waals surface area contributed by atoms with Gasteiger partial charge in [-0.15, -0.1) is 0 Å². The molecule has 0 bridgehead atoms. The lowest BCUT2D eigenvalue weighted by Crippen LogP contribution is -2.38. The van der Waals surface area contributed by atoms with Gasteiger partial charge >= 0.3 is 0 Å². The van der Waals surface area contributed by atoms with Gasteiger partial charge in [0.25, 0.3) is 5.91 Å². The lowest BCUT2D eigenvalue weighted by Gasteiger charge is -2.28. The Morgan fingerprint density at radius 2 is 2.11 bits per heavy atom. The number of carbonyl (C=O) groups is 1. The van der Waals surface area contributed by atoms with Crippen molar-refractivity contribution in [3.63, 3.8) is 0 Å². The number of para-hydroxylation sites is 2. The monoisotopic (exact) mass is 363 g/mol. The first-order valence-corrected chi connectivity index (χ1v) is 10.1. The number of imidazole rings is 1. The molecular formula is C21H25N5O. The van der Waals surface area contributed by atoms with Crippen molar-refractivity contribution in [2.75, 3.05) is 0 Å². The average Bonchev–Trinajstić information content (AvgIpc) is 3.32. The third-order valence-corrected chi connectivity index (χ3v) is 6.03. The highest BCUT2D eigenvalue weighted by Crippen LogP contribution is 2.32. The van der Waals surface area contributed by atoms with E-state index in [1.165, 1.54) is 0 Å². The van der Waals surface area contributed by atoms with Gasteiger partial charge in [-0.2, -0.15) is 5.10 Å². The number of hydrogen-bond donors (Lipinski definition) is 2. The Labute approximate surface area is 158 Å². The van der Waals surface area contributed by atoms with Gasteiger partial charge in [-0.1, -0.05) is 18.6 Å². The van der Waals surface area contributed by atoms with E-state index in [1.54, 1.807) is 6.20 Å². The van der Waals surface area contributed by atoms with Gasteiger partial charge in [-0.25, -0.2) is 4.98 Å². The third kappa shape index (κ3) is 3.13. The van der Waals surface area contributed by atoms with Crippen molar-refractivity contribution < 1.29 is 4.79 Å². The minimum atomic E-state index is 0.0356. The van der Waals surface area contributed by atoms with Gasteiger partial charge < -0.3 is 10.3 Å². The summed E-state index contributed by atoms with van der Waals surface area (Å²) in [5.41, 5.74) is 3.97. The Bertz CT molecular complexity index is 939. The minimum absolute atomic E-state index is 0.0356. The number of aryl methyl sites for hydroxylation is 1. The first-order chi connectivity index (χ1) is 13.3. The van der Waals surface area contributed by atoms with E-state index in [2.05, 4.69) is 21.5 Å². The van der Waals surface area contributed by atoms with Crippen molar-refractivity contribution in [2.45, 2.75) is 63.5 Å². The lowest BCUT2D eigenvalue weighted by molar-refractivity contribution is 0.0923. The molecule has 1 aliphatic heterocycles. The molecule has 2 unspecified atom stereocenters. The van der Waals surface area contributed by atoms with Crippen LogP contribution in [0, 0.1) is 0 Å². The number of benzene rings is 1. The van der Waals surface area contributed by atoms with E-state index < -0.39 is 0 Å². The maximum absolute atomic E-state index is 12.8. The Balaban J connectivity index is 1.29. The highest BCUT2D eigenvalue weighted by atomic mass is 16.1. The number of H-pyrrole nitrogens is 1. The first kappa shape index (κ1) is 16.5. The summed E-state index contributed by atoms with van der Waals surface area (Å²) in [6.07, 6.45) is 9.20. The quantitative estimate of drug-likeness (QED) is 0.747. The summed E-state index contributed by atoms with van der Waals surface area (Å²) in [7, 11) is 0. The van der Waals surface area contributed by atoms with Crippen molar-refractivity contribution in [3.05, 3.63) is 47.5 Å². The van der Waals surface area contributed by atoms with E-state index in [-0.39, 0.29) is 11.9 Å². The SMILES string of the molecule is O=C(NC1CCCC(c2nc3ccccc3[nH]2)C1)c1cnn2c1CCCC2. The molecule has 1 fully saturated rings. The number of rotatable bonds is 3. The molecule has 2 atom stereocenters. The molecule has 0 radical (unpaired) electrons. The summed E-state index contributed by atoms with van der Waals surface area (Å²) in [5, 5.41) is 7.67. The number of nitrogens with one attached hydrogen (secondary N) is 2. The number of nitrogens with zero attached hydrogens (tertiary/aromatic N) is 3. The fraction of sp³-hybridized carbons (Fsp3) is 0.476. The van der Waals surface area contributed by atoms with Gasteiger partial charge in [0.2, 0.25) is 0 Å². The highest BCUT2D eigenvalue weighted by molar-refractivity contribution is 5.95. The smallest absolute Gasteiger partial charge is 0.254 e. The summed E-state index contributed by atoms with van der Waals surface area (Å²) in [6, 6.07) is 8.35. The van der Waals surface area contributed by atoms with Crippen LogP contribution in [-0.4, -0.2) is 31.7 Å². The molecule has 140 valence electrons. The van der Waals surface area contributed by atoms with E-state index in [1.807, 2.05) is 22.9 Å². The maximum Gasteiger partial charge on any atom is 0.254 e. The Morgan fingerprint density at radius 3 is 3.04 bits per heavy atom. The van der Waals surface area contributed by atoms with Crippen LogP contribution in [0.4, 0.5) is 0 Å². The second-order valence-electron chi connectivity index (χ2n) is 7.86. The zero-order valence-electron chi connectivity index (χ0n) is 15.4. The van der Waals surface area contributed by atoms with Gasteiger partial charge in [0.1, 0.15) is 5.82 Å². The molecular weight excluding hydrogens is 338 g/mol. The molecule has 2 aliphatic rings. The minimum Gasteiger partial charge on any atom is -0.349 e. The molecule has 6 nitrogen and oxygen atoms in total. The molecule has 1 aromatic carbocycles. The topological polar surface area (TPSA) is 75.6 Å². The van der Waals surface area contributed by atoms with E-state index in [4.69, 9.17) is 4.98 Å². The normalized spacial score (nSPS) is 22.5. The van der Waals surface area contributed by atoms with Gasteiger partial charge in [0.15, 0.2) is 0 Å². The summed E-state index contributed by atoms with van der Waals surface area (Å²) in [4.78, 5) is 21.1. The molecule has 3 heterocycles. The molecule has 27 heavy (non-hydrogen) atoms. The first-order valence-electron chi connectivity index (χ1n) is 10.1. The summed E-state index contributed by atoms with van der Waals surface area (Å²) < 4.78 is 2.00. The molecule has 3 aromatic rings. The van der Waals surface area contributed by atoms with E-state index >= 15 is 0 Å². The molecule has 2 aromatic heterocycles. The van der Waals surface area contributed by atoms with E-state index in [0.29, 0.717) is 5.92 Å². The maximum atomic E-state index is 12.8. The summed E-state index contributed by atoms with van der Waals surface area (Å²) in [6.45, 7) is 0.931. The summed E-state index contributed by atoms with van der Waals surface area (Å²) >= 11 is 0. The van der Waals surface area contributed by atoms with Crippen molar-refractivity contribution in [3.8, 4) is 0 Å². The second-order valence-corrected chi connectivity index (χ2v) is 7.86. The predicted octanol–water partition coefficient (Wildman–Crippen LogP) is 3.55. The Morgan fingerprint density at radius 1 is 1.19 bits per heavy atom. The van der Waals surface area contributed by atoms with Crippen LogP contribution in [0.2, 0.25) is 0 Å². The van der Waals surface area contributed by atoms with E-state index in [9.17, 15) is 4.79 Å². The molecule has 2 N–H and O–H groups in total. The fourth-order valence-corrected chi connectivity index (χ4v) is 4.61. The van der Waals surface area contributed by atoms with Gasteiger partial charge in [0, 0.05) is 18.5 Å². The Hall–Kier alpha value is -2.63. The standard InChI is InChI=1S/C21H25N5O/c27-21(16-13-22-26-11-4-3-10-19(16)26)23-15-7-5-6-14(12-15)20-24-17-8-1-2-9-18(17)25-20/h1-2,8-9,13-15H,3-7,10-12H2,(H,23,27)(H,24,25). The number of amides is 1. The van der Waals surface area contributed by atoms with Crippen LogP contribution in [0.15, 0.2) is 30.5 Å². The number of aromatic amines is 1. The molecule has 1 saturated carbocycles. The molecule has 5 rings (SSSR count). The number of aromatic nitrogens is 4. The van der Waals surface area contributed by atoms with E-state index in [0.717, 1.165) is 79.6 Å². The van der Waals surface area contributed by atoms with Crippen LogP contribution < -0.4 is 5.32 Å². The van der Waals surface area contributed by atoms with Crippen LogP contribution in [0.3, 0.4) is 0 Å². The van der Waals surface area contributed by atoms with Crippen LogP contribution in [0.1, 0.15) is 66.3 Å². The molecule has 6 heteroatoms. The van der Waals surface area contributed by atoms with Crippen LogP contribution in [0.25, 0.3) is 11.0 Å². The zero-order chi connectivity index (χ0) is 18.2. The van der Waals surface area contributed by atoms with Crippen molar-refractivity contribution in [1.29, 1.82) is 0 Å². The van der Waals surface area contributed by atoms with Gasteiger partial charge in [-0.3, -0.25) is 9.48 Å². The largest absolute Gasteiger partial charge is 0.349 e. The fourth-order valence-electron chi connectivity index (χ4n) is 4.61. The van der Waals surface area contributed by atoms with Crippen molar-refractivity contribution in [1.82, 2.24) is 25.1 Å². The second kappa shape index (κ2) is 6.83. The molecule has 0 saturated heterocycles. The molecule has 0 spiro atoms. The van der Waals surface area contributed by atoms with Gasteiger partial charge in [-0.05, 0) is 50.7 Å². The lowest BCUT2D eigenvalue weighted by atomic mass is 9.85. The van der Waals surface area contributed by atoms with Gasteiger partial charge in [0.05, 0.1) is 28.5 Å². The number of fused-ring (bicyclic) bond motifs is 2. The number of carbonyl (C=O) groups excluding carboxylic acids is 1. The Kier molecular flexibility index (Phi) is 4.19. The number of hydrogen-bond acceptors (Lipinski definition) is 3. The van der Waals surface area contributed by atoms with Crippen molar-refractivity contribution >= 4 is 16.9 Å². The third-order valence-electron chi connectivity index (χ3n) is 6.03. The molecule has 1 amide bonds. The van der Waals surface area contributed by atoms with Crippen LogP contribution in [-0.2, 0) is 13.0 Å². The highest BCUT2D eigenvalue weighted by Gasteiger charge is 2.28. The molecule has 1 aliphatic carbocycles. The predicted molar refractivity (Wildman–Crippen MR) is 104 cm³/mol. The zero-order valence-corrected chi connectivity index (χ0v) is 15.4. The van der Waals surface area contributed by atoms with Crippen LogP contribution in [0.5, 0.6) is 0 Å². The van der Waals surface area contributed by atoms with Crippen molar-refractivity contribution in [2.24, 2.45) is 0 Å². The van der Waals surface area contributed by atoms with Crippen LogP contribution >= 0.6 is 0 Å². The average molecular weight is 363 g/mol.